The largest absolute Gasteiger partial charge is 0.214 e. The molecule has 0 radical (unpaired) electrons. The van der Waals surface area contributed by atoms with Crippen molar-refractivity contribution in [1.29, 1.82) is 0 Å². The molecule has 0 bridgehead atoms. The quantitative estimate of drug-likeness (QED) is 0.269. The maximum absolute atomic E-state index is 6.46. The number of halogens is 2. The molecule has 3 rings (SSSR count). The van der Waals surface area contributed by atoms with Crippen molar-refractivity contribution >= 4 is 28.6 Å². The Hall–Kier alpha value is 0.380. The van der Waals surface area contributed by atoms with Crippen LogP contribution in [0.5, 0.6) is 0 Å². The van der Waals surface area contributed by atoms with E-state index >= 15 is 0 Å². The van der Waals surface area contributed by atoms with Gasteiger partial charge in [-0.05, 0) is 11.8 Å². The first-order valence-corrected chi connectivity index (χ1v) is 15.0. The van der Waals surface area contributed by atoms with E-state index in [2.05, 4.69) is 51.6 Å². The first-order chi connectivity index (χ1) is 10.8. The average Bonchev–Trinajstić information content (AvgIpc) is 3.09. The molecule has 1 aromatic rings. The number of hydrogen-bond acceptors (Lipinski definition) is 0. The van der Waals surface area contributed by atoms with Gasteiger partial charge < -0.3 is 0 Å². The van der Waals surface area contributed by atoms with Gasteiger partial charge in [0.2, 0.25) is 0 Å². The summed E-state index contributed by atoms with van der Waals surface area (Å²) in [5.74, 6) is 1.02. The van der Waals surface area contributed by atoms with Gasteiger partial charge in [-0.2, -0.15) is 18.2 Å². The van der Waals surface area contributed by atoms with Crippen LogP contribution in [0.1, 0.15) is 20.3 Å². The molecule has 1 aromatic carbocycles. The minimum atomic E-state index is -0.606. The third-order valence-electron chi connectivity index (χ3n) is 3.89. The predicted molar refractivity (Wildman–Crippen MR) is 102 cm³/mol. The van der Waals surface area contributed by atoms with Gasteiger partial charge >= 0.3 is 41.9 Å². The monoisotopic (exact) mass is 442 g/mol. The van der Waals surface area contributed by atoms with Gasteiger partial charge in [0.15, 0.2) is 0 Å². The maximum atomic E-state index is 6.46. The van der Waals surface area contributed by atoms with Crippen molar-refractivity contribution in [2.75, 3.05) is 0 Å². The fourth-order valence-corrected chi connectivity index (χ4v) is 3.96. The standard InChI is InChI=1S/C12H15Cl2.C5H5.C2H6Si.Zr/c1-3-10-7-9-6-4-5-8(2)11(9)12(10,13)14;1-2-4-5-3-1;1-3-2;/h4-8,10-11H,3H2,1-2H3;1-5H;1-2H3;/q2*-1;;+2. The zero-order valence-corrected chi connectivity index (χ0v) is 19.4. The molecule has 124 valence electrons. The van der Waals surface area contributed by atoms with Crippen LogP contribution in [0.2, 0.25) is 13.1 Å². The molecule has 23 heavy (non-hydrogen) atoms. The van der Waals surface area contributed by atoms with E-state index in [9.17, 15) is 0 Å². The Balaban J connectivity index is 0.000000242. The van der Waals surface area contributed by atoms with Gasteiger partial charge in [0.1, 0.15) is 4.33 Å². The van der Waals surface area contributed by atoms with E-state index in [1.54, 1.807) is 23.3 Å². The van der Waals surface area contributed by atoms with Crippen molar-refractivity contribution in [2.24, 2.45) is 17.8 Å². The molecule has 0 heterocycles. The molecular weight excluding hydrogens is 418 g/mol. The summed E-state index contributed by atoms with van der Waals surface area (Å²) in [4.78, 5) is 0. The van der Waals surface area contributed by atoms with Crippen LogP contribution in [0.25, 0.3) is 0 Å². The summed E-state index contributed by atoms with van der Waals surface area (Å²) in [6.07, 6.45) is 9.67. The summed E-state index contributed by atoms with van der Waals surface area (Å²) in [7, 11) is 0. The van der Waals surface area contributed by atoms with E-state index < -0.39 is 4.33 Å². The molecule has 3 unspecified atom stereocenters. The summed E-state index contributed by atoms with van der Waals surface area (Å²) >= 11 is 14.7. The molecule has 0 aliphatic heterocycles. The van der Waals surface area contributed by atoms with Crippen molar-refractivity contribution in [3.05, 3.63) is 60.6 Å². The minimum absolute atomic E-state index is 0.210. The topological polar surface area (TPSA) is 0 Å². The fourth-order valence-electron chi connectivity index (χ4n) is 2.88. The molecule has 2 aliphatic carbocycles. The van der Waals surface area contributed by atoms with Crippen molar-refractivity contribution in [1.82, 2.24) is 0 Å². The molecule has 0 N–H and O–H groups in total. The van der Waals surface area contributed by atoms with Gasteiger partial charge in [0.05, 0.1) is 0 Å². The van der Waals surface area contributed by atoms with E-state index in [4.69, 9.17) is 23.2 Å². The van der Waals surface area contributed by atoms with Crippen LogP contribution in [-0.4, -0.2) is 9.77 Å². The molecule has 4 heteroatoms. The Morgan fingerprint density at radius 2 is 1.83 bits per heavy atom. The van der Waals surface area contributed by atoms with Crippen LogP contribution in [-0.2, 0) is 23.3 Å². The number of rotatable bonds is 1. The first kappa shape index (κ1) is 21.4. The third kappa shape index (κ3) is 6.65. The van der Waals surface area contributed by atoms with Crippen molar-refractivity contribution in [3.8, 4) is 0 Å². The molecule has 0 nitrogen and oxygen atoms in total. The first-order valence-electron chi connectivity index (χ1n) is 8.10. The number of allylic oxidation sites excluding steroid dienone is 4. The molecule has 0 saturated heterocycles. The Labute approximate surface area is 167 Å². The van der Waals surface area contributed by atoms with E-state index in [-0.39, 0.29) is 11.4 Å². The minimum Gasteiger partial charge on any atom is -0.214 e. The van der Waals surface area contributed by atoms with Crippen LogP contribution in [0, 0.1) is 24.2 Å². The second kappa shape index (κ2) is 10.4. The number of fused-ring (bicyclic) bond motifs is 1. The van der Waals surface area contributed by atoms with E-state index in [0.717, 1.165) is 6.42 Å². The van der Waals surface area contributed by atoms with Crippen molar-refractivity contribution in [2.45, 2.75) is 37.7 Å². The Morgan fingerprint density at radius 1 is 1.26 bits per heavy atom. The van der Waals surface area contributed by atoms with Crippen LogP contribution < -0.4 is 0 Å². The van der Waals surface area contributed by atoms with Crippen LogP contribution in [0.15, 0.2) is 54.1 Å². The number of alkyl halides is 2. The molecule has 1 fully saturated rings. The van der Waals surface area contributed by atoms with E-state index in [0.29, 0.717) is 11.8 Å². The second-order valence-electron chi connectivity index (χ2n) is 6.21. The average molecular weight is 445 g/mol. The molecular formula is C19H26Cl2SiZr. The smallest absolute Gasteiger partial charge is 0.172 e. The zero-order valence-electron chi connectivity index (χ0n) is 14.4. The normalized spacial score (nSPS) is 26.6. The zero-order chi connectivity index (χ0) is 17.5. The maximum Gasteiger partial charge on any atom is -0.172 e. The SMILES string of the molecule is CCC1[CH-]C2=CC=CC(C)C2C1(Cl)Cl.C[Si](C)=[Zr+2].c1cc[cH-]c1. The molecule has 0 amide bonds. The summed E-state index contributed by atoms with van der Waals surface area (Å²) in [5.41, 5.74) is 1.53. The summed E-state index contributed by atoms with van der Waals surface area (Å²) in [6.45, 7) is 8.93. The van der Waals surface area contributed by atoms with Crippen LogP contribution in [0.4, 0.5) is 0 Å². The van der Waals surface area contributed by atoms with Gasteiger partial charge in [-0.1, -0.05) is 32.3 Å². The number of hydrogen-bond donors (Lipinski definition) is 0. The van der Waals surface area contributed by atoms with Gasteiger partial charge in [0.25, 0.3) is 0 Å². The molecule has 3 atom stereocenters. The Kier molecular flexibility index (Phi) is 9.68. The molecule has 0 spiro atoms. The fraction of sp³-hybridized carbons (Fsp3) is 0.474. The van der Waals surface area contributed by atoms with Crippen LogP contribution in [0.3, 0.4) is 0 Å². The van der Waals surface area contributed by atoms with Gasteiger partial charge in [0, 0.05) is 0 Å². The Morgan fingerprint density at radius 3 is 2.22 bits per heavy atom. The van der Waals surface area contributed by atoms with Crippen molar-refractivity contribution in [3.63, 3.8) is 0 Å². The second-order valence-corrected chi connectivity index (χ2v) is 17.0. The van der Waals surface area contributed by atoms with Gasteiger partial charge in [-0.15, -0.1) is 29.3 Å². The summed E-state index contributed by atoms with van der Waals surface area (Å²) in [6, 6.07) is 10.0. The van der Waals surface area contributed by atoms with Crippen molar-refractivity contribution < 1.29 is 23.3 Å². The summed E-state index contributed by atoms with van der Waals surface area (Å²) in [5, 5.41) is 0. The molecule has 0 aromatic heterocycles. The molecule has 1 saturated carbocycles. The van der Waals surface area contributed by atoms with E-state index in [1.807, 2.05) is 30.3 Å². The molecule has 2 aliphatic rings. The van der Waals surface area contributed by atoms with Gasteiger partial charge in [-0.25, -0.2) is 30.2 Å². The third-order valence-corrected chi connectivity index (χ3v) is 4.92. The van der Waals surface area contributed by atoms with E-state index in [1.165, 1.54) is 5.57 Å². The summed E-state index contributed by atoms with van der Waals surface area (Å²) < 4.78 is -0.606. The Bertz CT molecular complexity index is 510. The van der Waals surface area contributed by atoms with Gasteiger partial charge in [-0.3, -0.25) is 0 Å². The van der Waals surface area contributed by atoms with Crippen LogP contribution >= 0.6 is 23.2 Å². The predicted octanol–water partition coefficient (Wildman–Crippen LogP) is 6.34.